The number of hydrogen-bond donors (Lipinski definition) is 1. The van der Waals surface area contributed by atoms with Gasteiger partial charge in [0, 0.05) is 7.05 Å². The number of nitrogens with zero attached hydrogens (tertiary/aromatic N) is 1. The molecule has 0 aliphatic carbocycles. The summed E-state index contributed by atoms with van der Waals surface area (Å²) in [5, 5.41) is 2.75. The molecule has 0 spiro atoms. The maximum atomic E-state index is 12.1. The number of benzene rings is 2. The van der Waals surface area contributed by atoms with Gasteiger partial charge in [-0.25, -0.2) is 0 Å². The van der Waals surface area contributed by atoms with Crippen LogP contribution in [0.2, 0.25) is 0 Å². The highest BCUT2D eigenvalue weighted by Crippen LogP contribution is 2.31. The zero-order valence-corrected chi connectivity index (χ0v) is 16.9. The number of ether oxygens (including phenoxy) is 2. The predicted octanol–water partition coefficient (Wildman–Crippen LogP) is 3.54. The second-order valence-corrected chi connectivity index (χ2v) is 7.52. The molecule has 1 heterocycles. The minimum absolute atomic E-state index is 0.108. The topological polar surface area (TPSA) is 67.9 Å². The van der Waals surface area contributed by atoms with Crippen LogP contribution in [-0.2, 0) is 9.59 Å². The maximum Gasteiger partial charge on any atom is 0.265 e. The van der Waals surface area contributed by atoms with E-state index in [0.29, 0.717) is 26.4 Å². The molecular formula is C20H18N2O4S2. The highest BCUT2D eigenvalue weighted by Gasteiger charge is 2.28. The number of rotatable bonds is 6. The van der Waals surface area contributed by atoms with E-state index < -0.39 is 0 Å². The minimum atomic E-state index is -0.291. The van der Waals surface area contributed by atoms with Crippen LogP contribution in [0, 0.1) is 0 Å². The zero-order chi connectivity index (χ0) is 20.1. The Kier molecular flexibility index (Phi) is 6.33. The van der Waals surface area contributed by atoms with E-state index in [1.54, 1.807) is 44.5 Å². The smallest absolute Gasteiger partial charge is 0.265 e. The molecule has 0 saturated carbocycles. The third-order valence-corrected chi connectivity index (χ3v) is 5.40. The summed E-state index contributed by atoms with van der Waals surface area (Å²) in [6.45, 7) is -0.133. The summed E-state index contributed by atoms with van der Waals surface area (Å²) >= 11 is 6.39. The second-order valence-electron chi connectivity index (χ2n) is 5.85. The molecule has 2 aromatic rings. The van der Waals surface area contributed by atoms with Gasteiger partial charge in [0.2, 0.25) is 0 Å². The van der Waals surface area contributed by atoms with Crippen LogP contribution in [0.4, 0.5) is 5.69 Å². The first-order chi connectivity index (χ1) is 13.5. The molecule has 0 unspecified atom stereocenters. The van der Waals surface area contributed by atoms with Crippen LogP contribution in [0.1, 0.15) is 5.56 Å². The standard InChI is InChI=1S/C20H18N2O4S2/c1-22-19(24)17(28-20(22)27)11-13-7-9-14(10-8-13)26-12-18(23)21-15-5-3-4-6-16(15)25-2/h3-11H,12H2,1-2H3,(H,21,23)/b17-11+. The molecule has 1 aliphatic rings. The third kappa shape index (κ3) is 4.71. The van der Waals surface area contributed by atoms with Crippen molar-refractivity contribution in [1.82, 2.24) is 4.90 Å². The average molecular weight is 415 g/mol. The van der Waals surface area contributed by atoms with Gasteiger partial charge in [-0.05, 0) is 35.9 Å². The Balaban J connectivity index is 1.57. The van der Waals surface area contributed by atoms with Crippen molar-refractivity contribution in [3.05, 3.63) is 59.0 Å². The molecule has 2 aromatic carbocycles. The lowest BCUT2D eigenvalue weighted by Gasteiger charge is -2.10. The molecule has 1 saturated heterocycles. The van der Waals surface area contributed by atoms with E-state index >= 15 is 0 Å². The summed E-state index contributed by atoms with van der Waals surface area (Å²) in [4.78, 5) is 26.2. The summed E-state index contributed by atoms with van der Waals surface area (Å²) in [6, 6.07) is 14.3. The van der Waals surface area contributed by atoms with Gasteiger partial charge in [0.05, 0.1) is 17.7 Å². The fourth-order valence-electron chi connectivity index (χ4n) is 2.44. The monoisotopic (exact) mass is 414 g/mol. The van der Waals surface area contributed by atoms with Gasteiger partial charge < -0.3 is 14.8 Å². The third-order valence-electron chi connectivity index (χ3n) is 3.92. The van der Waals surface area contributed by atoms with Gasteiger partial charge in [0.15, 0.2) is 6.61 Å². The van der Waals surface area contributed by atoms with Crippen LogP contribution in [-0.4, -0.2) is 41.8 Å². The largest absolute Gasteiger partial charge is 0.495 e. The molecule has 1 N–H and O–H groups in total. The first-order valence-electron chi connectivity index (χ1n) is 8.35. The number of thiocarbonyl (C=S) groups is 1. The first kappa shape index (κ1) is 19.9. The van der Waals surface area contributed by atoms with Gasteiger partial charge >= 0.3 is 0 Å². The Hall–Kier alpha value is -2.84. The van der Waals surface area contributed by atoms with Gasteiger partial charge in [0.25, 0.3) is 11.8 Å². The normalized spacial score (nSPS) is 15.1. The molecule has 1 aliphatic heterocycles. The quantitative estimate of drug-likeness (QED) is 0.576. The van der Waals surface area contributed by atoms with E-state index in [2.05, 4.69) is 5.32 Å². The van der Waals surface area contributed by atoms with Crippen LogP contribution < -0.4 is 14.8 Å². The van der Waals surface area contributed by atoms with Crippen LogP contribution in [0.5, 0.6) is 11.5 Å². The number of nitrogens with one attached hydrogen (secondary N) is 1. The summed E-state index contributed by atoms with van der Waals surface area (Å²) < 4.78 is 11.3. The van der Waals surface area contributed by atoms with Crippen molar-refractivity contribution in [2.24, 2.45) is 0 Å². The van der Waals surface area contributed by atoms with Gasteiger partial charge in [-0.1, -0.05) is 48.2 Å². The molecule has 0 atom stereocenters. The van der Waals surface area contributed by atoms with E-state index in [4.69, 9.17) is 21.7 Å². The zero-order valence-electron chi connectivity index (χ0n) is 15.3. The number of methoxy groups -OCH3 is 1. The molecule has 2 amide bonds. The second kappa shape index (κ2) is 8.90. The van der Waals surface area contributed by atoms with E-state index in [-0.39, 0.29) is 18.4 Å². The van der Waals surface area contributed by atoms with Crippen molar-refractivity contribution in [2.45, 2.75) is 0 Å². The summed E-state index contributed by atoms with van der Waals surface area (Å²) in [7, 11) is 3.20. The van der Waals surface area contributed by atoms with Crippen molar-refractivity contribution in [3.63, 3.8) is 0 Å². The van der Waals surface area contributed by atoms with Crippen LogP contribution in [0.15, 0.2) is 53.4 Å². The number of amides is 2. The predicted molar refractivity (Wildman–Crippen MR) is 114 cm³/mol. The first-order valence-corrected chi connectivity index (χ1v) is 9.57. The number of para-hydroxylation sites is 2. The molecule has 0 bridgehead atoms. The molecule has 8 heteroatoms. The summed E-state index contributed by atoms with van der Waals surface area (Å²) in [5.74, 6) is 0.733. The number of likely N-dealkylation sites (N-methyl/N-ethyl adjacent to an activating group) is 1. The molecule has 6 nitrogen and oxygen atoms in total. The van der Waals surface area contributed by atoms with Gasteiger partial charge in [-0.3, -0.25) is 14.5 Å². The Morgan fingerprint density at radius 1 is 1.21 bits per heavy atom. The Labute approximate surface area is 172 Å². The Bertz CT molecular complexity index is 941. The fourth-order valence-corrected chi connectivity index (χ4v) is 3.62. The molecule has 0 aromatic heterocycles. The maximum absolute atomic E-state index is 12.1. The molecule has 28 heavy (non-hydrogen) atoms. The van der Waals surface area contributed by atoms with Crippen molar-refractivity contribution >= 4 is 51.9 Å². The van der Waals surface area contributed by atoms with Crippen LogP contribution in [0.3, 0.4) is 0 Å². The molecular weight excluding hydrogens is 396 g/mol. The average Bonchev–Trinajstić information content (AvgIpc) is 2.94. The van der Waals surface area contributed by atoms with Crippen molar-refractivity contribution in [3.8, 4) is 11.5 Å². The van der Waals surface area contributed by atoms with Gasteiger partial charge in [-0.2, -0.15) is 0 Å². The molecule has 3 rings (SSSR count). The lowest BCUT2D eigenvalue weighted by Crippen LogP contribution is -2.22. The van der Waals surface area contributed by atoms with E-state index in [1.165, 1.54) is 16.7 Å². The van der Waals surface area contributed by atoms with E-state index in [0.717, 1.165) is 5.56 Å². The van der Waals surface area contributed by atoms with Crippen molar-refractivity contribution in [1.29, 1.82) is 0 Å². The lowest BCUT2D eigenvalue weighted by atomic mass is 10.2. The number of thioether (sulfide) groups is 1. The molecule has 1 fully saturated rings. The fraction of sp³-hybridized carbons (Fsp3) is 0.150. The number of carbonyl (C=O) groups is 2. The number of carbonyl (C=O) groups excluding carboxylic acids is 2. The lowest BCUT2D eigenvalue weighted by molar-refractivity contribution is -0.121. The van der Waals surface area contributed by atoms with Crippen molar-refractivity contribution in [2.75, 3.05) is 26.1 Å². The Morgan fingerprint density at radius 3 is 2.57 bits per heavy atom. The highest BCUT2D eigenvalue weighted by atomic mass is 32.2. The molecule has 0 radical (unpaired) electrons. The van der Waals surface area contributed by atoms with E-state index in [1.807, 2.05) is 24.3 Å². The van der Waals surface area contributed by atoms with Crippen LogP contribution >= 0.6 is 24.0 Å². The number of hydrogen-bond acceptors (Lipinski definition) is 6. The van der Waals surface area contributed by atoms with Gasteiger partial charge in [-0.15, -0.1) is 0 Å². The minimum Gasteiger partial charge on any atom is -0.495 e. The molecule has 144 valence electrons. The highest BCUT2D eigenvalue weighted by molar-refractivity contribution is 8.26. The van der Waals surface area contributed by atoms with E-state index in [9.17, 15) is 9.59 Å². The summed E-state index contributed by atoms with van der Waals surface area (Å²) in [6.07, 6.45) is 1.78. The Morgan fingerprint density at radius 2 is 1.93 bits per heavy atom. The van der Waals surface area contributed by atoms with Crippen molar-refractivity contribution < 1.29 is 19.1 Å². The SMILES string of the molecule is COc1ccccc1NC(=O)COc1ccc(/C=C2/SC(=S)N(C)C2=O)cc1. The van der Waals surface area contributed by atoms with Gasteiger partial charge in [0.1, 0.15) is 15.8 Å². The summed E-state index contributed by atoms with van der Waals surface area (Å²) in [5.41, 5.74) is 1.43. The number of anilines is 1. The van der Waals surface area contributed by atoms with Crippen LogP contribution in [0.25, 0.3) is 6.08 Å².